The number of hydrogen-bond donors (Lipinski definition) is 0. The zero-order valence-corrected chi connectivity index (χ0v) is 12.0. The summed E-state index contributed by atoms with van der Waals surface area (Å²) in [7, 11) is 0. The van der Waals surface area contributed by atoms with Gasteiger partial charge in [-0.05, 0) is 0 Å². The van der Waals surface area contributed by atoms with E-state index in [-0.39, 0.29) is 0 Å². The van der Waals surface area contributed by atoms with Crippen LogP contribution in [0.3, 0.4) is 0 Å². The molecule has 0 atom stereocenters. The molecule has 3 radical (unpaired) electrons. The third-order valence-corrected chi connectivity index (χ3v) is 3.63. The fraction of sp³-hybridized carbons (Fsp3) is 0.538. The van der Waals surface area contributed by atoms with Crippen molar-refractivity contribution in [3.63, 3.8) is 0 Å². The Labute approximate surface area is 102 Å². The van der Waals surface area contributed by atoms with E-state index in [2.05, 4.69) is 19.7 Å². The van der Waals surface area contributed by atoms with Gasteiger partial charge >= 0.3 is 102 Å². The third kappa shape index (κ3) is 5.04. The summed E-state index contributed by atoms with van der Waals surface area (Å²) in [6.45, 7) is 11.6. The Morgan fingerprint density at radius 2 is 1.36 bits per heavy atom. The molecule has 0 spiro atoms. The van der Waals surface area contributed by atoms with Crippen LogP contribution in [-0.2, 0) is 0 Å². The summed E-state index contributed by atoms with van der Waals surface area (Å²) in [6.07, 6.45) is 12.0. The van der Waals surface area contributed by atoms with E-state index in [1.54, 1.807) is 22.5 Å². The van der Waals surface area contributed by atoms with Gasteiger partial charge in [-0.25, -0.2) is 0 Å². The predicted molar refractivity (Wildman–Crippen MR) is 66.7 cm³/mol. The summed E-state index contributed by atoms with van der Waals surface area (Å²) >= 11 is 1.64. The minimum absolute atomic E-state index is 0.363. The van der Waals surface area contributed by atoms with Crippen LogP contribution in [0.1, 0.15) is 32.1 Å². The molecule has 0 unspecified atom stereocenters. The van der Waals surface area contributed by atoms with Crippen molar-refractivity contribution < 1.29 is 0 Å². The van der Waals surface area contributed by atoms with Crippen molar-refractivity contribution in [2.45, 2.75) is 36.5 Å². The van der Waals surface area contributed by atoms with E-state index >= 15 is 0 Å². The molecule has 0 amide bonds. The van der Waals surface area contributed by atoms with Crippen LogP contribution >= 0.6 is 0 Å². The first kappa shape index (κ1) is 14.0. The van der Waals surface area contributed by atoms with Crippen molar-refractivity contribution in [3.05, 3.63) is 38.0 Å². The molecule has 0 heterocycles. The van der Waals surface area contributed by atoms with Crippen LogP contribution in [-0.4, -0.2) is 22.5 Å². The average Bonchev–Trinajstić information content (AvgIpc) is 2.16. The Morgan fingerprint density at radius 1 is 0.929 bits per heavy atom. The van der Waals surface area contributed by atoms with E-state index in [1.165, 1.54) is 17.3 Å². The monoisotopic (exact) mass is 297 g/mol. The molecule has 0 nitrogen and oxygen atoms in total. The van der Waals surface area contributed by atoms with Gasteiger partial charge in [0.15, 0.2) is 0 Å². The first-order valence-electron chi connectivity index (χ1n) is 5.22. The van der Waals surface area contributed by atoms with Crippen LogP contribution in [0.15, 0.2) is 38.0 Å². The van der Waals surface area contributed by atoms with E-state index in [0.29, 0.717) is 5.41 Å². The number of allylic oxidation sites excluding steroid dienone is 3. The second-order valence-corrected chi connectivity index (χ2v) is 5.26. The van der Waals surface area contributed by atoms with E-state index in [1.807, 2.05) is 18.2 Å². The van der Waals surface area contributed by atoms with Crippen LogP contribution in [0.4, 0.5) is 0 Å². The van der Waals surface area contributed by atoms with Crippen LogP contribution in [0.5, 0.6) is 0 Å². The second-order valence-electron chi connectivity index (χ2n) is 3.83. The van der Waals surface area contributed by atoms with Crippen LogP contribution in [0.2, 0.25) is 4.44 Å². The molecule has 0 aliphatic heterocycles. The van der Waals surface area contributed by atoms with Crippen molar-refractivity contribution in [3.8, 4) is 0 Å². The normalized spacial score (nSPS) is 10.9. The molecule has 0 saturated carbocycles. The Kier molecular flexibility index (Phi) is 8.35. The van der Waals surface area contributed by atoms with Crippen LogP contribution < -0.4 is 0 Å². The maximum atomic E-state index is 3.86. The molecule has 77 valence electrons. The second kappa shape index (κ2) is 8.34. The Balaban J connectivity index is 4.43. The van der Waals surface area contributed by atoms with E-state index in [4.69, 9.17) is 0 Å². The maximum absolute atomic E-state index is 3.86. The summed E-state index contributed by atoms with van der Waals surface area (Å²) in [6, 6.07) is 0. The molecule has 0 aromatic carbocycles. The van der Waals surface area contributed by atoms with Gasteiger partial charge in [-0.3, -0.25) is 0 Å². The summed E-state index contributed by atoms with van der Waals surface area (Å²) in [5.74, 6) is 0. The molecule has 0 bridgehead atoms. The van der Waals surface area contributed by atoms with Gasteiger partial charge in [0.1, 0.15) is 0 Å². The van der Waals surface area contributed by atoms with Gasteiger partial charge in [0, 0.05) is 0 Å². The summed E-state index contributed by atoms with van der Waals surface area (Å²) in [5.41, 5.74) is 0.363. The minimum atomic E-state index is 0.363. The molecule has 0 aliphatic carbocycles. The predicted octanol–water partition coefficient (Wildman–Crippen LogP) is 4.07. The molecule has 0 aliphatic rings. The van der Waals surface area contributed by atoms with Gasteiger partial charge < -0.3 is 0 Å². The Hall–Kier alpha value is 0.0187. The molecule has 1 heteroatoms. The topological polar surface area (TPSA) is 0 Å². The Bertz CT molecular complexity index is 155. The van der Waals surface area contributed by atoms with Gasteiger partial charge in [-0.15, -0.1) is 0 Å². The van der Waals surface area contributed by atoms with Gasteiger partial charge in [0.25, 0.3) is 0 Å². The van der Waals surface area contributed by atoms with Crippen molar-refractivity contribution in [1.29, 1.82) is 0 Å². The summed E-state index contributed by atoms with van der Waals surface area (Å²) in [4.78, 5) is 0. The zero-order chi connectivity index (χ0) is 10.9. The fourth-order valence-electron chi connectivity index (χ4n) is 1.94. The fourth-order valence-corrected chi connectivity index (χ4v) is 2.44. The molecule has 0 saturated heterocycles. The molecule has 0 aromatic rings. The zero-order valence-electron chi connectivity index (χ0n) is 9.10. The summed E-state index contributed by atoms with van der Waals surface area (Å²) in [5, 5.41) is 0. The van der Waals surface area contributed by atoms with Gasteiger partial charge in [-0.2, -0.15) is 0 Å². The SMILES string of the molecule is C=CCC(CC=C)(CC=C)CC[CH2][Sn]. The number of hydrogen-bond acceptors (Lipinski definition) is 0. The van der Waals surface area contributed by atoms with Gasteiger partial charge in [-0.1, -0.05) is 0 Å². The van der Waals surface area contributed by atoms with Gasteiger partial charge in [0.05, 0.1) is 0 Å². The molecule has 0 aromatic heterocycles. The van der Waals surface area contributed by atoms with Crippen molar-refractivity contribution >= 4 is 22.5 Å². The van der Waals surface area contributed by atoms with Crippen molar-refractivity contribution in [1.82, 2.24) is 0 Å². The van der Waals surface area contributed by atoms with E-state index in [0.717, 1.165) is 19.3 Å². The van der Waals surface area contributed by atoms with Crippen molar-refractivity contribution in [2.24, 2.45) is 5.41 Å². The molecular weight excluding hydrogens is 275 g/mol. The van der Waals surface area contributed by atoms with Crippen LogP contribution in [0.25, 0.3) is 0 Å². The Morgan fingerprint density at radius 3 is 1.64 bits per heavy atom. The van der Waals surface area contributed by atoms with Gasteiger partial charge in [0.2, 0.25) is 0 Å². The van der Waals surface area contributed by atoms with E-state index in [9.17, 15) is 0 Å². The first-order chi connectivity index (χ1) is 6.74. The molecular formula is C13H21Sn. The number of rotatable bonds is 9. The molecule has 14 heavy (non-hydrogen) atoms. The standard InChI is InChI=1S/C13H21.Sn/c1-5-9-13(10-6-2,11-7-3)12-8-4;/h5-7H,1-4,8-12H2;. The quantitative estimate of drug-likeness (QED) is 0.444. The van der Waals surface area contributed by atoms with Crippen LogP contribution in [0, 0.1) is 5.41 Å². The summed E-state index contributed by atoms with van der Waals surface area (Å²) < 4.78 is 1.35. The molecule has 0 N–H and O–H groups in total. The third-order valence-electron chi connectivity index (χ3n) is 2.62. The first-order valence-corrected chi connectivity index (χ1v) is 7.24. The molecule has 0 fully saturated rings. The average molecular weight is 296 g/mol. The van der Waals surface area contributed by atoms with E-state index < -0.39 is 0 Å². The van der Waals surface area contributed by atoms with Crippen molar-refractivity contribution in [2.75, 3.05) is 0 Å². The molecule has 0 rings (SSSR count).